The first-order valence-electron chi connectivity index (χ1n) is 5.11. The molecule has 0 heterocycles. The highest BCUT2D eigenvalue weighted by molar-refractivity contribution is 5.78. The molecule has 4 heteroatoms. The van der Waals surface area contributed by atoms with Crippen molar-refractivity contribution in [1.82, 2.24) is 5.32 Å². The van der Waals surface area contributed by atoms with Crippen LogP contribution in [0.5, 0.6) is 0 Å². The Kier molecular flexibility index (Phi) is 3.45. The quantitative estimate of drug-likeness (QED) is 0.736. The van der Waals surface area contributed by atoms with Crippen LogP contribution in [0, 0.1) is 5.92 Å². The Balaban J connectivity index is 2.54. The van der Waals surface area contributed by atoms with Crippen molar-refractivity contribution in [1.29, 1.82) is 0 Å². The van der Waals surface area contributed by atoms with Gasteiger partial charge in [-0.2, -0.15) is 0 Å². The summed E-state index contributed by atoms with van der Waals surface area (Å²) in [5, 5.41) is 2.42. The van der Waals surface area contributed by atoms with Gasteiger partial charge in [-0.25, -0.2) is 8.78 Å². The van der Waals surface area contributed by atoms with Crippen LogP contribution < -0.4 is 5.32 Å². The smallest absolute Gasteiger partial charge is 0.267 e. The first-order valence-corrected chi connectivity index (χ1v) is 5.11. The van der Waals surface area contributed by atoms with Gasteiger partial charge in [0.15, 0.2) is 0 Å². The molecule has 14 heavy (non-hydrogen) atoms. The fourth-order valence-electron chi connectivity index (χ4n) is 1.61. The second-order valence-corrected chi connectivity index (χ2v) is 4.22. The molecule has 1 aliphatic rings. The third-order valence-electron chi connectivity index (χ3n) is 2.60. The molecule has 0 aromatic carbocycles. The lowest BCUT2D eigenvalue weighted by Crippen LogP contribution is -2.50. The van der Waals surface area contributed by atoms with Gasteiger partial charge in [-0.3, -0.25) is 4.79 Å². The van der Waals surface area contributed by atoms with Crippen molar-refractivity contribution >= 4 is 5.91 Å². The highest BCUT2D eigenvalue weighted by atomic mass is 19.3. The first kappa shape index (κ1) is 11.4. The maximum atomic E-state index is 13.3. The average molecular weight is 205 g/mol. The van der Waals surface area contributed by atoms with Crippen LogP contribution in [-0.4, -0.2) is 17.9 Å². The molecule has 1 rings (SSSR count). The number of halogens is 2. The van der Waals surface area contributed by atoms with E-state index in [4.69, 9.17) is 0 Å². The van der Waals surface area contributed by atoms with Crippen LogP contribution in [0.25, 0.3) is 0 Å². The van der Waals surface area contributed by atoms with Crippen LogP contribution in [-0.2, 0) is 4.79 Å². The number of rotatable bonds is 2. The van der Waals surface area contributed by atoms with Gasteiger partial charge in [0.25, 0.3) is 5.92 Å². The molecule has 82 valence electrons. The van der Waals surface area contributed by atoms with Crippen LogP contribution in [0.4, 0.5) is 8.78 Å². The molecule has 1 fully saturated rings. The fraction of sp³-hybridized carbons (Fsp3) is 0.900. The first-order chi connectivity index (χ1) is 6.43. The lowest BCUT2D eigenvalue weighted by molar-refractivity contribution is -0.130. The molecule has 2 nitrogen and oxygen atoms in total. The summed E-state index contributed by atoms with van der Waals surface area (Å²) in [4.78, 5) is 11.3. The zero-order chi connectivity index (χ0) is 10.8. The number of nitrogens with one attached hydrogen (secondary N) is 1. The maximum absolute atomic E-state index is 13.3. The lowest BCUT2D eigenvalue weighted by atomic mass is 9.91. The largest absolute Gasteiger partial charge is 0.347 e. The number of alkyl halides is 2. The van der Waals surface area contributed by atoms with E-state index in [0.717, 1.165) is 6.42 Å². The predicted octanol–water partition coefficient (Wildman–Crippen LogP) is 2.34. The van der Waals surface area contributed by atoms with Gasteiger partial charge in [0.2, 0.25) is 5.91 Å². The molecular formula is C10H17F2NO. The van der Waals surface area contributed by atoms with E-state index in [1.54, 1.807) is 13.8 Å². The second kappa shape index (κ2) is 4.24. The molecule has 0 aliphatic heterocycles. The number of carbonyl (C=O) groups excluding carboxylic acids is 1. The van der Waals surface area contributed by atoms with Crippen molar-refractivity contribution in [3.05, 3.63) is 0 Å². The van der Waals surface area contributed by atoms with Crippen LogP contribution >= 0.6 is 0 Å². The molecule has 1 saturated carbocycles. The highest BCUT2D eigenvalue weighted by Crippen LogP contribution is 2.33. The summed E-state index contributed by atoms with van der Waals surface area (Å²) in [6.07, 6.45) is 1.63. The molecule has 1 unspecified atom stereocenters. The third kappa shape index (κ3) is 2.66. The van der Waals surface area contributed by atoms with E-state index in [0.29, 0.717) is 12.8 Å². The van der Waals surface area contributed by atoms with Crippen molar-refractivity contribution < 1.29 is 13.6 Å². The van der Waals surface area contributed by atoms with Crippen molar-refractivity contribution in [2.75, 3.05) is 0 Å². The molecule has 1 amide bonds. The van der Waals surface area contributed by atoms with Gasteiger partial charge in [-0.1, -0.05) is 20.3 Å². The van der Waals surface area contributed by atoms with Gasteiger partial charge >= 0.3 is 0 Å². The Labute approximate surface area is 83.1 Å². The summed E-state index contributed by atoms with van der Waals surface area (Å²) in [6.45, 7) is 3.41. The second-order valence-electron chi connectivity index (χ2n) is 4.22. The van der Waals surface area contributed by atoms with Crippen molar-refractivity contribution in [2.24, 2.45) is 5.92 Å². The summed E-state index contributed by atoms with van der Waals surface area (Å²) in [5.74, 6) is -3.23. The minimum absolute atomic E-state index is 0.101. The molecule has 0 aromatic rings. The van der Waals surface area contributed by atoms with Crippen molar-refractivity contribution in [3.8, 4) is 0 Å². The van der Waals surface area contributed by atoms with Gasteiger partial charge in [0.1, 0.15) is 0 Å². The van der Waals surface area contributed by atoms with E-state index in [9.17, 15) is 13.6 Å². The zero-order valence-corrected chi connectivity index (χ0v) is 8.65. The summed E-state index contributed by atoms with van der Waals surface area (Å²) in [5.41, 5.74) is 0. The Morgan fingerprint density at radius 3 is 2.57 bits per heavy atom. The molecule has 0 spiro atoms. The molecule has 0 radical (unpaired) electrons. The van der Waals surface area contributed by atoms with Crippen LogP contribution in [0.1, 0.15) is 39.5 Å². The minimum Gasteiger partial charge on any atom is -0.347 e. The Morgan fingerprint density at radius 1 is 1.43 bits per heavy atom. The number of amides is 1. The van der Waals surface area contributed by atoms with Crippen molar-refractivity contribution in [2.45, 2.75) is 51.5 Å². The Hall–Kier alpha value is -0.670. The van der Waals surface area contributed by atoms with Gasteiger partial charge in [0, 0.05) is 12.3 Å². The predicted molar refractivity (Wildman–Crippen MR) is 50.2 cm³/mol. The number of hydrogen-bond donors (Lipinski definition) is 1. The number of hydrogen-bond acceptors (Lipinski definition) is 1. The van der Waals surface area contributed by atoms with Crippen LogP contribution in [0.15, 0.2) is 0 Å². The molecular weight excluding hydrogens is 188 g/mol. The summed E-state index contributed by atoms with van der Waals surface area (Å²) < 4.78 is 26.6. The van der Waals surface area contributed by atoms with Gasteiger partial charge < -0.3 is 5.32 Å². The van der Waals surface area contributed by atoms with Gasteiger partial charge in [-0.05, 0) is 12.8 Å². The van der Waals surface area contributed by atoms with E-state index >= 15 is 0 Å². The molecule has 1 N–H and O–H groups in total. The molecule has 1 atom stereocenters. The summed E-state index contributed by atoms with van der Waals surface area (Å²) in [7, 11) is 0. The van der Waals surface area contributed by atoms with E-state index in [1.165, 1.54) is 0 Å². The zero-order valence-electron chi connectivity index (χ0n) is 8.65. The fourth-order valence-corrected chi connectivity index (χ4v) is 1.61. The van der Waals surface area contributed by atoms with E-state index in [2.05, 4.69) is 5.32 Å². The summed E-state index contributed by atoms with van der Waals surface area (Å²) >= 11 is 0. The van der Waals surface area contributed by atoms with E-state index < -0.39 is 12.0 Å². The molecule has 0 bridgehead atoms. The standard InChI is InChI=1S/C10H17F2NO/c1-7(2)9(14)13-8-5-3-4-6-10(8,11)12/h7-8H,3-6H2,1-2H3,(H,13,14). The third-order valence-corrected chi connectivity index (χ3v) is 2.60. The molecule has 0 saturated heterocycles. The monoisotopic (exact) mass is 205 g/mol. The van der Waals surface area contributed by atoms with Crippen molar-refractivity contribution in [3.63, 3.8) is 0 Å². The van der Waals surface area contributed by atoms with E-state index in [1.807, 2.05) is 0 Å². The van der Waals surface area contributed by atoms with Crippen LogP contribution in [0.3, 0.4) is 0 Å². The van der Waals surface area contributed by atoms with Crippen LogP contribution in [0.2, 0.25) is 0 Å². The maximum Gasteiger partial charge on any atom is 0.267 e. The van der Waals surface area contributed by atoms with Gasteiger partial charge in [-0.15, -0.1) is 0 Å². The van der Waals surface area contributed by atoms with E-state index in [-0.39, 0.29) is 18.2 Å². The summed E-state index contributed by atoms with van der Waals surface area (Å²) in [6, 6.07) is -0.953. The molecule has 1 aliphatic carbocycles. The van der Waals surface area contributed by atoms with Gasteiger partial charge in [0.05, 0.1) is 6.04 Å². The lowest BCUT2D eigenvalue weighted by Gasteiger charge is -2.32. The average Bonchev–Trinajstić information content (AvgIpc) is 2.08. The Morgan fingerprint density at radius 2 is 2.07 bits per heavy atom. The number of carbonyl (C=O) groups is 1. The minimum atomic E-state index is -2.72. The topological polar surface area (TPSA) is 29.1 Å². The highest BCUT2D eigenvalue weighted by Gasteiger charge is 2.42. The SMILES string of the molecule is CC(C)C(=O)NC1CCCCC1(F)F. The Bertz CT molecular complexity index is 216. The normalized spacial score (nSPS) is 26.2. The molecule has 0 aromatic heterocycles.